The topological polar surface area (TPSA) is 99.0 Å². The van der Waals surface area contributed by atoms with Crippen molar-refractivity contribution < 1.29 is 19.1 Å². The van der Waals surface area contributed by atoms with E-state index in [0.29, 0.717) is 17.0 Å². The average Bonchev–Trinajstić information content (AvgIpc) is 2.87. The van der Waals surface area contributed by atoms with Gasteiger partial charge in [-0.05, 0) is 64.0 Å². The smallest absolute Gasteiger partial charge is 0.340 e. The number of hydrogen-bond donors (Lipinski definition) is 1. The summed E-state index contributed by atoms with van der Waals surface area (Å²) in [7, 11) is 1.58. The van der Waals surface area contributed by atoms with Crippen LogP contribution in [-0.2, 0) is 16.1 Å². The largest absolute Gasteiger partial charge is 0.497 e. The van der Waals surface area contributed by atoms with E-state index in [0.717, 1.165) is 15.8 Å². The fraction of sp³-hybridized carbons (Fsp3) is 0.0769. The number of carbonyl (C=O) groups is 2. The molecule has 0 unspecified atom stereocenters. The molecule has 0 saturated carbocycles. The Morgan fingerprint density at radius 3 is 2.63 bits per heavy atom. The number of ether oxygens (including phenoxy) is 2. The van der Waals surface area contributed by atoms with Gasteiger partial charge < -0.3 is 14.8 Å². The predicted octanol–water partition coefficient (Wildman–Crippen LogP) is 4.47. The number of pyridine rings is 1. The Balaban J connectivity index is 1.43. The molecule has 0 aliphatic rings. The van der Waals surface area contributed by atoms with Crippen molar-refractivity contribution in [2.75, 3.05) is 12.4 Å². The van der Waals surface area contributed by atoms with Gasteiger partial charge in [-0.2, -0.15) is 0 Å². The van der Waals surface area contributed by atoms with Crippen LogP contribution in [0.5, 0.6) is 5.75 Å². The Hall–Kier alpha value is -4.24. The number of para-hydroxylation sites is 1. The molecular formula is C26H20BrN3O5. The molecule has 2 heterocycles. The second kappa shape index (κ2) is 10.8. The highest BCUT2D eigenvalue weighted by atomic mass is 79.9. The van der Waals surface area contributed by atoms with Gasteiger partial charge in [0.05, 0.1) is 24.1 Å². The molecule has 0 saturated heterocycles. The summed E-state index contributed by atoms with van der Waals surface area (Å²) in [6.07, 6.45) is 4.63. The maximum absolute atomic E-state index is 12.7. The second-order valence-electron chi connectivity index (χ2n) is 7.38. The normalized spacial score (nSPS) is 10.9. The van der Waals surface area contributed by atoms with Crippen molar-refractivity contribution in [3.8, 4) is 5.75 Å². The fourth-order valence-corrected chi connectivity index (χ4v) is 3.59. The molecule has 0 spiro atoms. The van der Waals surface area contributed by atoms with E-state index in [1.807, 2.05) is 12.1 Å². The monoisotopic (exact) mass is 533 g/mol. The van der Waals surface area contributed by atoms with Crippen LogP contribution in [0.1, 0.15) is 21.6 Å². The molecule has 0 aliphatic carbocycles. The lowest BCUT2D eigenvalue weighted by Gasteiger charge is -2.10. The minimum Gasteiger partial charge on any atom is -0.497 e. The number of fused-ring (bicyclic) bond motifs is 1. The van der Waals surface area contributed by atoms with E-state index < -0.39 is 11.9 Å². The van der Waals surface area contributed by atoms with Crippen LogP contribution in [-0.4, -0.2) is 28.4 Å². The Kier molecular flexibility index (Phi) is 7.37. The molecule has 0 bridgehead atoms. The third-order valence-corrected chi connectivity index (χ3v) is 5.44. The van der Waals surface area contributed by atoms with E-state index in [1.54, 1.807) is 67.9 Å². The Morgan fingerprint density at radius 2 is 1.86 bits per heavy atom. The maximum atomic E-state index is 12.7. The minimum absolute atomic E-state index is 0.181. The van der Waals surface area contributed by atoms with Gasteiger partial charge in [-0.3, -0.25) is 14.0 Å². The molecule has 4 rings (SSSR count). The van der Waals surface area contributed by atoms with Crippen molar-refractivity contribution in [2.24, 2.45) is 0 Å². The van der Waals surface area contributed by atoms with Crippen LogP contribution in [0.25, 0.3) is 11.7 Å². The SMILES string of the molecule is COc1ccc(/C=C/C(=O)Nc2ccccc2C(=O)OCc2cc(=O)n3cc(Br)ccc3n2)cc1. The highest BCUT2D eigenvalue weighted by molar-refractivity contribution is 9.10. The van der Waals surface area contributed by atoms with Crippen LogP contribution in [0.3, 0.4) is 0 Å². The van der Waals surface area contributed by atoms with E-state index in [9.17, 15) is 14.4 Å². The molecule has 0 fully saturated rings. The van der Waals surface area contributed by atoms with E-state index in [1.165, 1.54) is 16.5 Å². The van der Waals surface area contributed by atoms with Gasteiger partial charge in [0.2, 0.25) is 5.91 Å². The van der Waals surface area contributed by atoms with Crippen molar-refractivity contribution in [1.29, 1.82) is 0 Å². The lowest BCUT2D eigenvalue weighted by molar-refractivity contribution is -0.111. The van der Waals surface area contributed by atoms with E-state index in [4.69, 9.17) is 9.47 Å². The zero-order valence-corrected chi connectivity index (χ0v) is 20.2. The van der Waals surface area contributed by atoms with Crippen molar-refractivity contribution in [1.82, 2.24) is 9.38 Å². The van der Waals surface area contributed by atoms with Crippen molar-refractivity contribution in [3.63, 3.8) is 0 Å². The Labute approximate surface area is 209 Å². The summed E-state index contributed by atoms with van der Waals surface area (Å²) < 4.78 is 12.6. The average molecular weight is 534 g/mol. The molecular weight excluding hydrogens is 514 g/mol. The summed E-state index contributed by atoms with van der Waals surface area (Å²) in [4.78, 5) is 41.9. The van der Waals surface area contributed by atoms with Crippen molar-refractivity contribution in [2.45, 2.75) is 6.61 Å². The fourth-order valence-electron chi connectivity index (χ4n) is 3.25. The third kappa shape index (κ3) is 6.01. The number of carbonyl (C=O) groups excluding carboxylic acids is 2. The number of anilines is 1. The molecule has 8 nitrogen and oxygen atoms in total. The minimum atomic E-state index is -0.655. The highest BCUT2D eigenvalue weighted by Crippen LogP contribution is 2.18. The van der Waals surface area contributed by atoms with Crippen molar-refractivity contribution >= 4 is 45.2 Å². The first kappa shape index (κ1) is 23.9. The summed E-state index contributed by atoms with van der Waals surface area (Å²) >= 11 is 3.32. The summed E-state index contributed by atoms with van der Waals surface area (Å²) in [5, 5.41) is 2.70. The molecule has 0 atom stereocenters. The van der Waals surface area contributed by atoms with Crippen LogP contribution in [0.4, 0.5) is 5.69 Å². The maximum Gasteiger partial charge on any atom is 0.340 e. The molecule has 1 amide bonds. The number of esters is 1. The van der Waals surface area contributed by atoms with Gasteiger partial charge in [-0.25, -0.2) is 9.78 Å². The number of aromatic nitrogens is 2. The summed E-state index contributed by atoms with van der Waals surface area (Å²) in [6, 6.07) is 18.5. The number of benzene rings is 2. The van der Waals surface area contributed by atoms with Crippen LogP contribution in [0.15, 0.2) is 88.3 Å². The molecule has 9 heteroatoms. The number of methoxy groups -OCH3 is 1. The molecule has 2 aromatic heterocycles. The molecule has 2 aromatic carbocycles. The van der Waals surface area contributed by atoms with Crippen LogP contribution in [0, 0.1) is 0 Å². The van der Waals surface area contributed by atoms with Gasteiger partial charge in [0, 0.05) is 22.8 Å². The third-order valence-electron chi connectivity index (χ3n) is 4.98. The van der Waals surface area contributed by atoms with Gasteiger partial charge in [-0.1, -0.05) is 24.3 Å². The highest BCUT2D eigenvalue weighted by Gasteiger charge is 2.15. The first-order valence-corrected chi connectivity index (χ1v) is 11.3. The number of rotatable bonds is 7. The quantitative estimate of drug-likeness (QED) is 0.278. The number of hydrogen-bond acceptors (Lipinski definition) is 6. The van der Waals surface area contributed by atoms with Gasteiger partial charge in [0.15, 0.2) is 0 Å². The van der Waals surface area contributed by atoms with Crippen LogP contribution < -0.4 is 15.6 Å². The number of halogens is 1. The molecule has 1 N–H and O–H groups in total. The molecule has 4 aromatic rings. The number of nitrogens with one attached hydrogen (secondary N) is 1. The Bertz CT molecular complexity index is 1480. The molecule has 0 aliphatic heterocycles. The van der Waals surface area contributed by atoms with E-state index in [2.05, 4.69) is 26.2 Å². The molecule has 0 radical (unpaired) electrons. The standard InChI is InChI=1S/C26H20BrN3O5/c1-34-20-10-6-17(7-11-20)8-13-24(31)29-22-5-3-2-4-21(22)26(33)35-16-19-14-25(32)30-15-18(27)9-12-23(30)28-19/h2-15H,16H2,1H3,(H,29,31)/b13-8+. The molecule has 176 valence electrons. The lowest BCUT2D eigenvalue weighted by atomic mass is 10.1. The van der Waals surface area contributed by atoms with Crippen LogP contribution in [0.2, 0.25) is 0 Å². The lowest BCUT2D eigenvalue weighted by Crippen LogP contribution is -2.17. The molecule has 35 heavy (non-hydrogen) atoms. The predicted molar refractivity (Wildman–Crippen MR) is 135 cm³/mol. The summed E-state index contributed by atoms with van der Waals surface area (Å²) in [5.74, 6) is -0.342. The summed E-state index contributed by atoms with van der Waals surface area (Å²) in [6.45, 7) is -0.194. The second-order valence-corrected chi connectivity index (χ2v) is 8.29. The zero-order chi connectivity index (χ0) is 24.8. The summed E-state index contributed by atoms with van der Waals surface area (Å²) in [5.41, 5.74) is 1.76. The van der Waals surface area contributed by atoms with E-state index >= 15 is 0 Å². The zero-order valence-electron chi connectivity index (χ0n) is 18.6. The first-order valence-electron chi connectivity index (χ1n) is 10.5. The van der Waals surface area contributed by atoms with Crippen LogP contribution >= 0.6 is 15.9 Å². The van der Waals surface area contributed by atoms with Gasteiger partial charge in [-0.15, -0.1) is 0 Å². The Morgan fingerprint density at radius 1 is 1.09 bits per heavy atom. The van der Waals surface area contributed by atoms with Gasteiger partial charge >= 0.3 is 5.97 Å². The number of amides is 1. The van der Waals surface area contributed by atoms with Crippen molar-refractivity contribution in [3.05, 3.63) is 111 Å². The van der Waals surface area contributed by atoms with E-state index in [-0.39, 0.29) is 17.7 Å². The van der Waals surface area contributed by atoms with Gasteiger partial charge in [0.1, 0.15) is 18.0 Å². The van der Waals surface area contributed by atoms with Gasteiger partial charge in [0.25, 0.3) is 5.56 Å². The first-order chi connectivity index (χ1) is 16.9. The number of nitrogens with zero attached hydrogens (tertiary/aromatic N) is 2.